The van der Waals surface area contributed by atoms with Crippen LogP contribution in [0.15, 0.2) is 11.2 Å². The number of hydrogen-bond donors (Lipinski definition) is 1. The van der Waals surface area contributed by atoms with E-state index in [-0.39, 0.29) is 23.6 Å². The number of nitrogens with one attached hydrogen (secondary N) is 1. The van der Waals surface area contributed by atoms with Crippen LogP contribution in [0.5, 0.6) is 0 Å². The van der Waals surface area contributed by atoms with E-state index in [1.165, 1.54) is 37.4 Å². The Labute approximate surface area is 201 Å². The number of amides is 2. The number of unbranched alkanes of at least 4 members (excludes halogenated alkanes) is 1. The zero-order valence-electron chi connectivity index (χ0n) is 19.3. The number of thioether (sulfide) groups is 1. The van der Waals surface area contributed by atoms with Crippen molar-refractivity contribution in [3.05, 3.63) is 11.2 Å². The number of rotatable bonds is 10. The van der Waals surface area contributed by atoms with E-state index in [9.17, 15) is 9.59 Å². The lowest BCUT2D eigenvalue weighted by Crippen LogP contribution is -2.54. The van der Waals surface area contributed by atoms with Crippen molar-refractivity contribution in [1.82, 2.24) is 20.2 Å². The molecule has 1 aromatic rings. The van der Waals surface area contributed by atoms with Crippen LogP contribution >= 0.6 is 23.4 Å². The molecular formula is C23H36ClN5O2S. The van der Waals surface area contributed by atoms with E-state index >= 15 is 0 Å². The first-order valence-corrected chi connectivity index (χ1v) is 13.3. The highest BCUT2D eigenvalue weighted by Crippen LogP contribution is 2.29. The van der Waals surface area contributed by atoms with Gasteiger partial charge in [0.25, 0.3) is 0 Å². The van der Waals surface area contributed by atoms with Gasteiger partial charge >= 0.3 is 0 Å². The second-order valence-electron chi connectivity index (χ2n) is 8.89. The smallest absolute Gasteiger partial charge is 0.230 e. The molecule has 1 saturated carbocycles. The second-order valence-corrected chi connectivity index (χ2v) is 10.2. The Bertz CT molecular complexity index is 775. The number of carbonyl (C=O) groups is 2. The minimum absolute atomic E-state index is 0.0214. The summed E-state index contributed by atoms with van der Waals surface area (Å²) in [5.74, 6) is 2.01. The summed E-state index contributed by atoms with van der Waals surface area (Å²) in [6, 6.07) is 1.88. The van der Waals surface area contributed by atoms with Gasteiger partial charge in [-0.25, -0.2) is 9.97 Å². The Morgan fingerprint density at radius 1 is 1.25 bits per heavy atom. The van der Waals surface area contributed by atoms with Gasteiger partial charge in [0, 0.05) is 44.7 Å². The van der Waals surface area contributed by atoms with Gasteiger partial charge in [0.15, 0.2) is 5.16 Å². The number of aromatic nitrogens is 2. The number of halogens is 1. The Kier molecular flexibility index (Phi) is 9.91. The highest BCUT2D eigenvalue weighted by Gasteiger charge is 2.29. The maximum Gasteiger partial charge on any atom is 0.230 e. The SMILES string of the molecule is CCCCNC(=O)CSc1nc(Cl)cc(N2CCN(C(=O)CCC3CCCC3)C(C)C2)n1. The third kappa shape index (κ3) is 7.51. The van der Waals surface area contributed by atoms with E-state index in [2.05, 4.69) is 34.0 Å². The molecule has 0 spiro atoms. The molecule has 1 unspecified atom stereocenters. The third-order valence-electron chi connectivity index (χ3n) is 6.36. The zero-order chi connectivity index (χ0) is 22.9. The van der Waals surface area contributed by atoms with Crippen LogP contribution in [0.3, 0.4) is 0 Å². The average Bonchev–Trinajstić information content (AvgIpc) is 3.29. The lowest BCUT2D eigenvalue weighted by Gasteiger charge is -2.40. The molecule has 0 radical (unpaired) electrons. The van der Waals surface area contributed by atoms with Crippen LogP contribution in [0.1, 0.15) is 65.2 Å². The largest absolute Gasteiger partial charge is 0.355 e. The molecule has 1 N–H and O–H groups in total. The van der Waals surface area contributed by atoms with Gasteiger partial charge in [0.2, 0.25) is 11.8 Å². The Hall–Kier alpha value is -1.54. The van der Waals surface area contributed by atoms with Crippen molar-refractivity contribution < 1.29 is 9.59 Å². The lowest BCUT2D eigenvalue weighted by molar-refractivity contribution is -0.134. The monoisotopic (exact) mass is 481 g/mol. The molecule has 1 aliphatic heterocycles. The number of carbonyl (C=O) groups excluding carboxylic acids is 2. The van der Waals surface area contributed by atoms with E-state index < -0.39 is 0 Å². The van der Waals surface area contributed by atoms with E-state index in [0.29, 0.717) is 42.9 Å². The fraction of sp³-hybridized carbons (Fsp3) is 0.739. The first kappa shape index (κ1) is 25.1. The maximum absolute atomic E-state index is 12.8. The fourth-order valence-electron chi connectivity index (χ4n) is 4.50. The number of hydrogen-bond acceptors (Lipinski definition) is 6. The topological polar surface area (TPSA) is 78.4 Å². The normalized spacial score (nSPS) is 19.4. The number of nitrogens with zero attached hydrogens (tertiary/aromatic N) is 4. The predicted molar refractivity (Wildman–Crippen MR) is 130 cm³/mol. The van der Waals surface area contributed by atoms with E-state index in [1.807, 2.05) is 4.90 Å². The van der Waals surface area contributed by atoms with Crippen LogP contribution in [0.4, 0.5) is 5.82 Å². The molecule has 1 aromatic heterocycles. The van der Waals surface area contributed by atoms with Gasteiger partial charge < -0.3 is 15.1 Å². The van der Waals surface area contributed by atoms with Crippen molar-refractivity contribution >= 4 is 41.0 Å². The highest BCUT2D eigenvalue weighted by atomic mass is 35.5. The summed E-state index contributed by atoms with van der Waals surface area (Å²) in [7, 11) is 0. The Morgan fingerprint density at radius 3 is 2.75 bits per heavy atom. The molecule has 2 fully saturated rings. The molecule has 0 aromatic carbocycles. The van der Waals surface area contributed by atoms with Crippen molar-refractivity contribution in [3.8, 4) is 0 Å². The second kappa shape index (κ2) is 12.6. The van der Waals surface area contributed by atoms with Gasteiger partial charge in [-0.3, -0.25) is 9.59 Å². The average molecular weight is 482 g/mol. The van der Waals surface area contributed by atoms with Crippen LogP contribution in [0.25, 0.3) is 0 Å². The summed E-state index contributed by atoms with van der Waals surface area (Å²) < 4.78 is 0. The van der Waals surface area contributed by atoms with Crippen LogP contribution < -0.4 is 10.2 Å². The van der Waals surface area contributed by atoms with E-state index in [0.717, 1.165) is 31.0 Å². The van der Waals surface area contributed by atoms with Crippen LogP contribution in [0, 0.1) is 5.92 Å². The molecule has 2 aliphatic rings. The van der Waals surface area contributed by atoms with Crippen molar-refractivity contribution in [2.45, 2.75) is 76.4 Å². The van der Waals surface area contributed by atoms with Crippen molar-refractivity contribution in [2.24, 2.45) is 5.92 Å². The third-order valence-corrected chi connectivity index (χ3v) is 7.40. The summed E-state index contributed by atoms with van der Waals surface area (Å²) in [4.78, 5) is 37.8. The molecule has 0 bridgehead atoms. The Morgan fingerprint density at radius 2 is 2.03 bits per heavy atom. The molecule has 2 heterocycles. The first-order chi connectivity index (χ1) is 15.5. The van der Waals surface area contributed by atoms with Crippen LogP contribution in [0.2, 0.25) is 5.15 Å². The standard InChI is InChI=1S/C23H36ClN5O2S/c1-3-4-11-25-21(30)16-32-23-26-19(24)14-20(27-23)28-12-13-29(17(2)15-28)22(31)10-9-18-7-5-6-8-18/h14,17-18H,3-13,15-16H2,1-2H3,(H,25,30). The summed E-state index contributed by atoms with van der Waals surface area (Å²) in [6.45, 7) is 7.00. The summed E-state index contributed by atoms with van der Waals surface area (Å²) in [5, 5.41) is 3.77. The fourth-order valence-corrected chi connectivity index (χ4v) is 5.42. The molecule has 1 saturated heterocycles. The minimum Gasteiger partial charge on any atom is -0.355 e. The van der Waals surface area contributed by atoms with E-state index in [1.54, 1.807) is 6.07 Å². The van der Waals surface area contributed by atoms with E-state index in [4.69, 9.17) is 11.6 Å². The van der Waals surface area contributed by atoms with Crippen molar-refractivity contribution in [1.29, 1.82) is 0 Å². The van der Waals surface area contributed by atoms with Crippen molar-refractivity contribution in [2.75, 3.05) is 36.8 Å². The molecule has 1 atom stereocenters. The van der Waals surface area contributed by atoms with Gasteiger partial charge in [-0.1, -0.05) is 62.4 Å². The van der Waals surface area contributed by atoms with Gasteiger partial charge in [-0.2, -0.15) is 0 Å². The summed E-state index contributed by atoms with van der Waals surface area (Å²) in [6.07, 6.45) is 8.92. The molecule has 9 heteroatoms. The molecular weight excluding hydrogens is 446 g/mol. The summed E-state index contributed by atoms with van der Waals surface area (Å²) in [5.41, 5.74) is 0. The molecule has 2 amide bonds. The summed E-state index contributed by atoms with van der Waals surface area (Å²) >= 11 is 7.54. The molecule has 7 nitrogen and oxygen atoms in total. The van der Waals surface area contributed by atoms with Gasteiger partial charge in [-0.15, -0.1) is 0 Å². The van der Waals surface area contributed by atoms with Gasteiger partial charge in [-0.05, 0) is 25.7 Å². The van der Waals surface area contributed by atoms with Crippen LogP contribution in [-0.2, 0) is 9.59 Å². The molecule has 1 aliphatic carbocycles. The predicted octanol–water partition coefficient (Wildman–Crippen LogP) is 4.15. The van der Waals surface area contributed by atoms with Gasteiger partial charge in [0.05, 0.1) is 5.75 Å². The highest BCUT2D eigenvalue weighted by molar-refractivity contribution is 7.99. The van der Waals surface area contributed by atoms with Crippen molar-refractivity contribution in [3.63, 3.8) is 0 Å². The molecule has 178 valence electrons. The number of anilines is 1. The molecule has 32 heavy (non-hydrogen) atoms. The number of piperazine rings is 1. The first-order valence-electron chi connectivity index (χ1n) is 11.9. The van der Waals surface area contributed by atoms with Gasteiger partial charge in [0.1, 0.15) is 11.0 Å². The quantitative estimate of drug-likeness (QED) is 0.234. The minimum atomic E-state index is -0.0214. The van der Waals surface area contributed by atoms with Crippen LogP contribution in [-0.4, -0.2) is 64.7 Å². The molecule has 3 rings (SSSR count). The lowest BCUT2D eigenvalue weighted by atomic mass is 10.0. The maximum atomic E-state index is 12.8. The zero-order valence-corrected chi connectivity index (χ0v) is 20.9. The Balaban J connectivity index is 1.51.